The molecule has 24 heavy (non-hydrogen) atoms. The van der Waals surface area contributed by atoms with E-state index in [2.05, 4.69) is 21.2 Å². The van der Waals surface area contributed by atoms with Crippen molar-refractivity contribution in [1.82, 2.24) is 5.32 Å². The van der Waals surface area contributed by atoms with E-state index < -0.39 is 29.5 Å². The van der Waals surface area contributed by atoms with Crippen LogP contribution in [0.4, 0.5) is 13.2 Å². The van der Waals surface area contributed by atoms with E-state index in [9.17, 15) is 22.8 Å². The van der Waals surface area contributed by atoms with E-state index in [1.54, 1.807) is 18.2 Å². The van der Waals surface area contributed by atoms with Crippen LogP contribution in [0.2, 0.25) is 5.02 Å². The van der Waals surface area contributed by atoms with Gasteiger partial charge >= 0.3 is 6.18 Å². The molecule has 1 N–H and O–H groups in total. The highest BCUT2D eigenvalue weighted by Crippen LogP contribution is 2.46. The third-order valence-electron chi connectivity index (χ3n) is 4.93. The molecular weight excluding hydrogens is 411 g/mol. The van der Waals surface area contributed by atoms with Crippen LogP contribution >= 0.6 is 27.5 Å². The average Bonchev–Trinajstić information content (AvgIpc) is 2.72. The average molecular weight is 425 g/mol. The third-order valence-corrected chi connectivity index (χ3v) is 5.77. The number of halogens is 5. The molecule has 3 rings (SSSR count). The molecule has 0 aromatic heterocycles. The summed E-state index contributed by atoms with van der Waals surface area (Å²) < 4.78 is 39.2. The first kappa shape index (κ1) is 17.7. The van der Waals surface area contributed by atoms with Crippen LogP contribution in [0, 0.1) is 5.92 Å². The van der Waals surface area contributed by atoms with Crippen molar-refractivity contribution < 1.29 is 22.8 Å². The van der Waals surface area contributed by atoms with Crippen molar-refractivity contribution >= 4 is 39.2 Å². The molecule has 1 aliphatic heterocycles. The van der Waals surface area contributed by atoms with E-state index in [1.807, 2.05) is 0 Å². The molecule has 1 atom stereocenters. The van der Waals surface area contributed by atoms with Crippen LogP contribution in [-0.4, -0.2) is 23.4 Å². The minimum atomic E-state index is -4.26. The van der Waals surface area contributed by atoms with E-state index >= 15 is 0 Å². The van der Waals surface area contributed by atoms with E-state index in [0.717, 1.165) is 0 Å². The molecule has 2 fully saturated rings. The second kappa shape index (κ2) is 6.02. The molecule has 1 aromatic rings. The molecule has 1 spiro atoms. The lowest BCUT2D eigenvalue weighted by molar-refractivity contribution is -0.185. The Balaban J connectivity index is 1.87. The predicted molar refractivity (Wildman–Crippen MR) is 85.8 cm³/mol. The summed E-state index contributed by atoms with van der Waals surface area (Å²) in [6, 6.07) is 4.87. The standard InChI is InChI=1S/C16H14BrClF3NO2/c17-9-1-2-11(18)10(7-9)12-13(23)15(22-14(12)24)5-3-8(4-6-15)16(19,20)21/h1-2,7-8,12H,3-6H2,(H,22,24). The Morgan fingerprint density at radius 2 is 1.83 bits per heavy atom. The molecule has 1 unspecified atom stereocenters. The maximum atomic E-state index is 12.9. The Kier molecular flexibility index (Phi) is 4.45. The number of Topliss-reactive ketones (excluding diaryl/α,β-unsaturated/α-hetero) is 1. The Labute approximate surface area is 150 Å². The Hall–Kier alpha value is -1.08. The van der Waals surface area contributed by atoms with Crippen molar-refractivity contribution in [2.75, 3.05) is 0 Å². The molecule has 1 aromatic carbocycles. The summed E-state index contributed by atoms with van der Waals surface area (Å²) in [6.07, 6.45) is -4.57. The molecule has 2 aliphatic rings. The van der Waals surface area contributed by atoms with Gasteiger partial charge in [0, 0.05) is 9.50 Å². The van der Waals surface area contributed by atoms with Crippen LogP contribution in [0.3, 0.4) is 0 Å². The number of hydrogen-bond donors (Lipinski definition) is 1. The molecule has 1 saturated heterocycles. The number of amides is 1. The summed E-state index contributed by atoms with van der Waals surface area (Å²) in [5, 5.41) is 2.94. The zero-order chi connectivity index (χ0) is 17.7. The number of rotatable bonds is 1. The van der Waals surface area contributed by atoms with Crippen molar-refractivity contribution in [3.63, 3.8) is 0 Å². The van der Waals surface area contributed by atoms with E-state index in [1.165, 1.54) is 0 Å². The topological polar surface area (TPSA) is 46.2 Å². The van der Waals surface area contributed by atoms with Crippen molar-refractivity contribution in [3.8, 4) is 0 Å². The molecule has 130 valence electrons. The summed E-state index contributed by atoms with van der Waals surface area (Å²) in [4.78, 5) is 25.2. The molecule has 8 heteroatoms. The molecule has 0 bridgehead atoms. The second-order valence-electron chi connectivity index (χ2n) is 6.35. The SMILES string of the molecule is O=C1NC2(CCC(C(F)(F)F)CC2)C(=O)C1c1cc(Br)ccc1Cl. The molecule has 1 amide bonds. The Bertz CT molecular complexity index is 699. The van der Waals surface area contributed by atoms with Crippen LogP contribution in [0.15, 0.2) is 22.7 Å². The highest BCUT2D eigenvalue weighted by atomic mass is 79.9. The van der Waals surface area contributed by atoms with Gasteiger partial charge in [-0.15, -0.1) is 0 Å². The largest absolute Gasteiger partial charge is 0.391 e. The minimum absolute atomic E-state index is 0.00384. The maximum Gasteiger partial charge on any atom is 0.391 e. The fourth-order valence-electron chi connectivity index (χ4n) is 3.59. The van der Waals surface area contributed by atoms with Crippen molar-refractivity contribution in [2.45, 2.75) is 43.3 Å². The van der Waals surface area contributed by atoms with Crippen LogP contribution in [0.5, 0.6) is 0 Å². The molecule has 0 radical (unpaired) electrons. The summed E-state index contributed by atoms with van der Waals surface area (Å²) in [6.45, 7) is 0. The van der Waals surface area contributed by atoms with Gasteiger partial charge in [0.2, 0.25) is 5.91 Å². The Morgan fingerprint density at radius 3 is 2.42 bits per heavy atom. The van der Waals surface area contributed by atoms with Gasteiger partial charge < -0.3 is 5.32 Å². The first-order chi connectivity index (χ1) is 11.1. The lowest BCUT2D eigenvalue weighted by atomic mass is 9.73. The summed E-state index contributed by atoms with van der Waals surface area (Å²) in [7, 11) is 0. The van der Waals surface area contributed by atoms with Crippen LogP contribution < -0.4 is 5.32 Å². The number of carbonyl (C=O) groups is 2. The zero-order valence-electron chi connectivity index (χ0n) is 12.4. The molecule has 3 nitrogen and oxygen atoms in total. The molecule has 1 aliphatic carbocycles. The number of carbonyl (C=O) groups excluding carboxylic acids is 2. The molecular formula is C16H14BrClF3NO2. The third kappa shape index (κ3) is 2.96. The van der Waals surface area contributed by atoms with Gasteiger partial charge in [-0.05, 0) is 49.4 Å². The van der Waals surface area contributed by atoms with Gasteiger partial charge in [0.1, 0.15) is 5.92 Å². The monoisotopic (exact) mass is 423 g/mol. The van der Waals surface area contributed by atoms with Crippen molar-refractivity contribution in [3.05, 3.63) is 33.3 Å². The number of alkyl halides is 3. The quantitative estimate of drug-likeness (QED) is 0.680. The maximum absolute atomic E-state index is 12.9. The van der Waals surface area contributed by atoms with Gasteiger partial charge in [0.05, 0.1) is 11.5 Å². The zero-order valence-corrected chi connectivity index (χ0v) is 14.8. The summed E-state index contributed by atoms with van der Waals surface area (Å²) >= 11 is 9.39. The Morgan fingerprint density at radius 1 is 1.21 bits per heavy atom. The molecule has 1 saturated carbocycles. The molecule has 1 heterocycles. The van der Waals surface area contributed by atoms with Crippen LogP contribution in [0.25, 0.3) is 0 Å². The number of nitrogens with one attached hydrogen (secondary N) is 1. The predicted octanol–water partition coefficient (Wildman–Crippen LogP) is 4.38. The van der Waals surface area contributed by atoms with Crippen LogP contribution in [0.1, 0.15) is 37.2 Å². The normalized spacial score (nSPS) is 30.7. The highest BCUT2D eigenvalue weighted by Gasteiger charge is 2.56. The fraction of sp³-hybridized carbons (Fsp3) is 0.500. The smallest absolute Gasteiger partial charge is 0.343 e. The number of benzene rings is 1. The van der Waals surface area contributed by atoms with E-state index in [4.69, 9.17) is 11.6 Å². The number of ketones is 1. The lowest BCUT2D eigenvalue weighted by Gasteiger charge is -2.36. The van der Waals surface area contributed by atoms with Gasteiger partial charge in [-0.1, -0.05) is 27.5 Å². The van der Waals surface area contributed by atoms with Crippen LogP contribution in [-0.2, 0) is 9.59 Å². The highest BCUT2D eigenvalue weighted by molar-refractivity contribution is 9.10. The minimum Gasteiger partial charge on any atom is -0.343 e. The summed E-state index contributed by atoms with van der Waals surface area (Å²) in [5.41, 5.74) is -0.821. The van der Waals surface area contributed by atoms with Gasteiger partial charge in [-0.3, -0.25) is 9.59 Å². The van der Waals surface area contributed by atoms with Gasteiger partial charge in [-0.25, -0.2) is 0 Å². The van der Waals surface area contributed by atoms with Crippen molar-refractivity contribution in [1.29, 1.82) is 0 Å². The van der Waals surface area contributed by atoms with Crippen molar-refractivity contribution in [2.24, 2.45) is 5.92 Å². The fourth-order valence-corrected chi connectivity index (χ4v) is 4.20. The van der Waals surface area contributed by atoms with E-state index in [-0.39, 0.29) is 36.5 Å². The van der Waals surface area contributed by atoms with E-state index in [0.29, 0.717) is 10.0 Å². The lowest BCUT2D eigenvalue weighted by Crippen LogP contribution is -2.50. The second-order valence-corrected chi connectivity index (χ2v) is 7.67. The van der Waals surface area contributed by atoms with Gasteiger partial charge in [0.15, 0.2) is 5.78 Å². The first-order valence-corrected chi connectivity index (χ1v) is 8.69. The summed E-state index contributed by atoms with van der Waals surface area (Å²) in [5.74, 6) is -3.36. The van der Waals surface area contributed by atoms with Gasteiger partial charge in [-0.2, -0.15) is 13.2 Å². The first-order valence-electron chi connectivity index (χ1n) is 7.52. The number of hydrogen-bond acceptors (Lipinski definition) is 2. The van der Waals surface area contributed by atoms with Gasteiger partial charge in [0.25, 0.3) is 0 Å².